The molecule has 222 valence electrons. The van der Waals surface area contributed by atoms with Gasteiger partial charge in [0.2, 0.25) is 0 Å². The Hall–Kier alpha value is -2.26. The molecule has 2 aliphatic rings. The van der Waals surface area contributed by atoms with E-state index in [1.165, 1.54) is 81.4 Å². The summed E-state index contributed by atoms with van der Waals surface area (Å²) in [4.78, 5) is 2.47. The summed E-state index contributed by atoms with van der Waals surface area (Å²) in [5.41, 5.74) is 13.0. The quantitative estimate of drug-likeness (QED) is 0.187. The molecule has 1 nitrogen and oxygen atoms in total. The molecular formula is C41H47BNNa-2. The summed E-state index contributed by atoms with van der Waals surface area (Å²) in [7, 11) is 0. The van der Waals surface area contributed by atoms with Crippen LogP contribution in [0.25, 0.3) is 0 Å². The molecule has 1 aliphatic carbocycles. The first-order valence-corrected chi connectivity index (χ1v) is 16.2. The number of anilines is 3. The predicted molar refractivity (Wildman–Crippen MR) is 187 cm³/mol. The monoisotopic (exact) mass is 587 g/mol. The van der Waals surface area contributed by atoms with Gasteiger partial charge in [0.15, 0.2) is 6.71 Å². The van der Waals surface area contributed by atoms with Crippen molar-refractivity contribution >= 4 is 40.2 Å². The minimum absolute atomic E-state index is 0. The van der Waals surface area contributed by atoms with E-state index in [9.17, 15) is 0 Å². The maximum Gasteiger partial charge on any atom is 1.00 e. The van der Waals surface area contributed by atoms with Gasteiger partial charge in [0.1, 0.15) is 0 Å². The fraction of sp³-hybridized carbons (Fsp3) is 0.390. The summed E-state index contributed by atoms with van der Waals surface area (Å²) in [5, 5.41) is 0. The van der Waals surface area contributed by atoms with Gasteiger partial charge in [-0.1, -0.05) is 110 Å². The summed E-state index contributed by atoms with van der Waals surface area (Å²) in [5.74, 6) is 1.60. The minimum atomic E-state index is 0. The van der Waals surface area contributed by atoms with E-state index in [1.807, 2.05) is 0 Å². The topological polar surface area (TPSA) is 3.24 Å². The van der Waals surface area contributed by atoms with Gasteiger partial charge >= 0.3 is 29.6 Å². The molecule has 0 aromatic heterocycles. The molecule has 4 aromatic rings. The molecular weight excluding hydrogens is 540 g/mol. The van der Waals surface area contributed by atoms with Crippen LogP contribution in [0.3, 0.4) is 0 Å². The van der Waals surface area contributed by atoms with Crippen LogP contribution in [-0.2, 0) is 16.2 Å². The Bertz CT molecular complexity index is 1640. The molecule has 0 spiro atoms. The molecule has 3 heteroatoms. The third-order valence-corrected chi connectivity index (χ3v) is 10.2. The molecule has 1 fully saturated rings. The van der Waals surface area contributed by atoms with Crippen molar-refractivity contribution in [1.29, 1.82) is 0 Å². The Morgan fingerprint density at radius 2 is 1.52 bits per heavy atom. The Balaban J connectivity index is 0.00000384. The first-order chi connectivity index (χ1) is 20.3. The number of hydrogen-bond acceptors (Lipinski definition) is 1. The van der Waals surface area contributed by atoms with Crippen LogP contribution in [0, 0.1) is 25.0 Å². The summed E-state index contributed by atoms with van der Waals surface area (Å²) in [6.07, 6.45) is 5.01. The second kappa shape index (κ2) is 12.2. The van der Waals surface area contributed by atoms with Crippen LogP contribution in [0.1, 0.15) is 103 Å². The van der Waals surface area contributed by atoms with E-state index in [1.54, 1.807) is 5.92 Å². The van der Waals surface area contributed by atoms with E-state index in [-0.39, 0.29) is 52.5 Å². The molecule has 4 aromatic carbocycles. The third kappa shape index (κ3) is 6.00. The van der Waals surface area contributed by atoms with Crippen molar-refractivity contribution in [3.8, 4) is 0 Å². The standard InChI is InChI=1S/C41H47BN.Na/c1-28-16-22-35-38(25-28)43(34-20-17-30(18-21-34)39(3,4)5)37-23-19-31(40(6,7)8)27-36(37)42(35)33-15-12-14-32(26-33)41(9)24-11-10-13-29(41)2;/h12,14-21,23,25,27H,10-11,13,24H2,1-9H3;/q-3;+1. The van der Waals surface area contributed by atoms with Crippen LogP contribution in [0.5, 0.6) is 0 Å². The maximum absolute atomic E-state index is 4.03. The van der Waals surface area contributed by atoms with Crippen LogP contribution in [0.2, 0.25) is 0 Å². The zero-order valence-electron chi connectivity index (χ0n) is 28.8. The molecule has 0 N–H and O–H groups in total. The molecule has 0 saturated heterocycles. The van der Waals surface area contributed by atoms with Crippen LogP contribution >= 0.6 is 0 Å². The first-order valence-electron chi connectivity index (χ1n) is 16.2. The minimum Gasteiger partial charge on any atom is -0.366 e. The van der Waals surface area contributed by atoms with Crippen molar-refractivity contribution in [2.24, 2.45) is 0 Å². The second-order valence-corrected chi connectivity index (χ2v) is 15.4. The van der Waals surface area contributed by atoms with Gasteiger partial charge in [0, 0.05) is 11.4 Å². The molecule has 1 aliphatic heterocycles. The second-order valence-electron chi connectivity index (χ2n) is 15.4. The van der Waals surface area contributed by atoms with Gasteiger partial charge in [0.25, 0.3) is 0 Å². The van der Waals surface area contributed by atoms with E-state index in [0.717, 1.165) is 0 Å². The fourth-order valence-electron chi connectivity index (χ4n) is 7.17. The van der Waals surface area contributed by atoms with Gasteiger partial charge in [-0.15, -0.1) is 6.07 Å². The zero-order chi connectivity index (χ0) is 30.7. The SMILES string of the molecule is Cc1c[c-]c2c(c1)N(c1ccc(C(C)(C)C)cc1)c1ccc(C(C)(C)C)cc1B2c1[c-]c(C2(C)CCCC[C-]2C)ccc1.[Na+]. The zero-order valence-corrected chi connectivity index (χ0v) is 30.8. The Labute approximate surface area is 290 Å². The van der Waals surface area contributed by atoms with Crippen LogP contribution in [-0.4, -0.2) is 6.71 Å². The van der Waals surface area contributed by atoms with Crippen LogP contribution in [0.15, 0.2) is 72.8 Å². The van der Waals surface area contributed by atoms with E-state index in [4.69, 9.17) is 0 Å². The normalized spacial score (nSPS) is 18.8. The summed E-state index contributed by atoms with van der Waals surface area (Å²) in [6.45, 7) is 20.8. The average Bonchev–Trinajstić information content (AvgIpc) is 2.96. The molecule has 44 heavy (non-hydrogen) atoms. The molecule has 0 radical (unpaired) electrons. The Morgan fingerprint density at radius 3 is 2.18 bits per heavy atom. The first kappa shape index (κ1) is 33.1. The van der Waals surface area contributed by atoms with Crippen molar-refractivity contribution in [3.05, 3.63) is 113 Å². The number of aryl methyl sites for hydroxylation is 1. The van der Waals surface area contributed by atoms with Crippen LogP contribution in [0.4, 0.5) is 17.1 Å². The number of hydrogen-bond donors (Lipinski definition) is 0. The molecule has 6 rings (SSSR count). The van der Waals surface area contributed by atoms with Gasteiger partial charge in [-0.05, 0) is 40.2 Å². The Morgan fingerprint density at radius 1 is 0.841 bits per heavy atom. The number of rotatable bonds is 3. The summed E-state index contributed by atoms with van der Waals surface area (Å²) < 4.78 is 0. The van der Waals surface area contributed by atoms with Crippen molar-refractivity contribution < 1.29 is 29.6 Å². The molecule has 1 unspecified atom stereocenters. The third-order valence-electron chi connectivity index (χ3n) is 10.2. The van der Waals surface area contributed by atoms with Crippen LogP contribution < -0.4 is 50.8 Å². The number of fused-ring (bicyclic) bond motifs is 2. The molecule has 1 heterocycles. The number of benzene rings is 4. The number of nitrogens with zero attached hydrogens (tertiary/aromatic N) is 1. The molecule has 1 atom stereocenters. The van der Waals surface area contributed by atoms with Crippen molar-refractivity contribution in [1.82, 2.24) is 0 Å². The van der Waals surface area contributed by atoms with Gasteiger partial charge in [-0.3, -0.25) is 0 Å². The maximum atomic E-state index is 4.03. The van der Waals surface area contributed by atoms with Crippen molar-refractivity contribution in [2.75, 3.05) is 4.90 Å². The van der Waals surface area contributed by atoms with E-state index in [2.05, 4.69) is 152 Å². The van der Waals surface area contributed by atoms with E-state index in [0.29, 0.717) is 0 Å². The smallest absolute Gasteiger partial charge is 0.366 e. The molecule has 0 amide bonds. The average molecular weight is 588 g/mol. The molecule has 0 bridgehead atoms. The summed E-state index contributed by atoms with van der Waals surface area (Å²) in [6, 6.07) is 35.6. The van der Waals surface area contributed by atoms with Gasteiger partial charge in [-0.2, -0.15) is 77.2 Å². The van der Waals surface area contributed by atoms with Gasteiger partial charge in [-0.25, -0.2) is 0 Å². The van der Waals surface area contributed by atoms with Gasteiger partial charge in [0.05, 0.1) is 0 Å². The largest absolute Gasteiger partial charge is 1.00 e. The van der Waals surface area contributed by atoms with Gasteiger partial charge < -0.3 is 10.8 Å². The van der Waals surface area contributed by atoms with E-state index >= 15 is 0 Å². The van der Waals surface area contributed by atoms with Crippen molar-refractivity contribution in [3.63, 3.8) is 0 Å². The fourth-order valence-corrected chi connectivity index (χ4v) is 7.17. The predicted octanol–water partition coefficient (Wildman–Crippen LogP) is 5.92. The Kier molecular flexibility index (Phi) is 9.15. The van der Waals surface area contributed by atoms with E-state index < -0.39 is 0 Å². The molecule has 1 saturated carbocycles. The van der Waals surface area contributed by atoms with Crippen molar-refractivity contribution in [2.45, 2.75) is 104 Å². The summed E-state index contributed by atoms with van der Waals surface area (Å²) >= 11 is 0.